The highest BCUT2D eigenvalue weighted by Gasteiger charge is 2.21. The number of likely N-dealkylation sites (tertiary alicyclic amines) is 1. The third-order valence-electron chi connectivity index (χ3n) is 6.21. The fourth-order valence-corrected chi connectivity index (χ4v) is 4.31. The second-order valence-corrected chi connectivity index (χ2v) is 8.52. The van der Waals surface area contributed by atoms with E-state index in [4.69, 9.17) is 9.47 Å². The molecule has 9 heteroatoms. The van der Waals surface area contributed by atoms with Crippen LogP contribution in [0.5, 0.6) is 11.5 Å². The molecule has 1 aromatic heterocycles. The molecular formula is C26H30N4O5. The SMILES string of the molecule is COc1cc2ncn(CCCC(=O)Nc3ccccc3C(=O)N3CCCCC3)c(=O)c2cc1OC. The van der Waals surface area contributed by atoms with E-state index in [9.17, 15) is 14.4 Å². The first-order chi connectivity index (χ1) is 17.0. The Labute approximate surface area is 203 Å². The molecular weight excluding hydrogens is 448 g/mol. The third kappa shape index (κ3) is 5.45. The summed E-state index contributed by atoms with van der Waals surface area (Å²) in [7, 11) is 3.04. The second kappa shape index (κ2) is 11.0. The number of ether oxygens (including phenoxy) is 2. The molecule has 0 bridgehead atoms. The van der Waals surface area contributed by atoms with Crippen LogP contribution >= 0.6 is 0 Å². The van der Waals surface area contributed by atoms with Gasteiger partial charge in [-0.05, 0) is 43.9 Å². The predicted molar refractivity (Wildman–Crippen MR) is 133 cm³/mol. The van der Waals surface area contributed by atoms with Gasteiger partial charge in [-0.15, -0.1) is 0 Å². The van der Waals surface area contributed by atoms with Gasteiger partial charge in [0, 0.05) is 32.1 Å². The highest BCUT2D eigenvalue weighted by molar-refractivity contribution is 6.03. The summed E-state index contributed by atoms with van der Waals surface area (Å²) in [6, 6.07) is 10.4. The number of hydrogen-bond acceptors (Lipinski definition) is 6. The molecule has 184 valence electrons. The van der Waals surface area contributed by atoms with Crippen molar-refractivity contribution in [2.75, 3.05) is 32.6 Å². The highest BCUT2D eigenvalue weighted by atomic mass is 16.5. The number of nitrogens with one attached hydrogen (secondary N) is 1. The minimum atomic E-state index is -0.214. The van der Waals surface area contributed by atoms with Crippen molar-refractivity contribution in [2.24, 2.45) is 0 Å². The number of amides is 2. The minimum Gasteiger partial charge on any atom is -0.493 e. The average Bonchev–Trinajstić information content (AvgIpc) is 2.89. The summed E-state index contributed by atoms with van der Waals surface area (Å²) in [6.45, 7) is 1.82. The number of carbonyl (C=O) groups excluding carboxylic acids is 2. The lowest BCUT2D eigenvalue weighted by Crippen LogP contribution is -2.36. The van der Waals surface area contributed by atoms with Gasteiger partial charge in [-0.1, -0.05) is 12.1 Å². The zero-order chi connectivity index (χ0) is 24.8. The van der Waals surface area contributed by atoms with E-state index < -0.39 is 0 Å². The van der Waals surface area contributed by atoms with Gasteiger partial charge >= 0.3 is 0 Å². The van der Waals surface area contributed by atoms with Crippen molar-refractivity contribution in [3.63, 3.8) is 0 Å². The second-order valence-electron chi connectivity index (χ2n) is 8.52. The number of hydrogen-bond donors (Lipinski definition) is 1. The summed E-state index contributed by atoms with van der Waals surface area (Å²) in [4.78, 5) is 44.7. The number of benzene rings is 2. The van der Waals surface area contributed by atoms with Crippen molar-refractivity contribution in [1.82, 2.24) is 14.5 Å². The van der Waals surface area contributed by atoms with E-state index in [0.29, 0.717) is 46.6 Å². The Morgan fingerprint density at radius 2 is 1.74 bits per heavy atom. The van der Waals surface area contributed by atoms with Crippen molar-refractivity contribution < 1.29 is 19.1 Å². The molecule has 1 aliphatic heterocycles. The van der Waals surface area contributed by atoms with Crippen LogP contribution in [-0.4, -0.2) is 53.6 Å². The number of methoxy groups -OCH3 is 2. The van der Waals surface area contributed by atoms with E-state index >= 15 is 0 Å². The number of para-hydroxylation sites is 1. The fourth-order valence-electron chi connectivity index (χ4n) is 4.31. The lowest BCUT2D eigenvalue weighted by Gasteiger charge is -2.27. The van der Waals surface area contributed by atoms with Gasteiger partial charge in [-0.3, -0.25) is 19.0 Å². The van der Waals surface area contributed by atoms with Gasteiger partial charge in [0.25, 0.3) is 11.5 Å². The predicted octanol–water partition coefficient (Wildman–Crippen LogP) is 3.46. The molecule has 35 heavy (non-hydrogen) atoms. The van der Waals surface area contributed by atoms with Crippen LogP contribution in [0.3, 0.4) is 0 Å². The molecule has 0 spiro atoms. The molecule has 1 fully saturated rings. The van der Waals surface area contributed by atoms with Crippen LogP contribution in [0.4, 0.5) is 5.69 Å². The van der Waals surface area contributed by atoms with Gasteiger partial charge in [-0.25, -0.2) is 4.98 Å². The first kappa shape index (κ1) is 24.3. The zero-order valence-corrected chi connectivity index (χ0v) is 20.1. The Morgan fingerprint density at radius 3 is 2.49 bits per heavy atom. The molecule has 1 aliphatic rings. The Morgan fingerprint density at radius 1 is 1.03 bits per heavy atom. The van der Waals surface area contributed by atoms with Crippen LogP contribution in [0.15, 0.2) is 47.5 Å². The maximum absolute atomic E-state index is 12.9. The number of nitrogens with zero attached hydrogens (tertiary/aromatic N) is 3. The van der Waals surface area contributed by atoms with Crippen LogP contribution in [0.2, 0.25) is 0 Å². The van der Waals surface area contributed by atoms with Gasteiger partial charge < -0.3 is 19.7 Å². The highest BCUT2D eigenvalue weighted by Crippen LogP contribution is 2.29. The number of rotatable bonds is 8. The van der Waals surface area contributed by atoms with Gasteiger partial charge in [0.05, 0.1) is 42.7 Å². The van der Waals surface area contributed by atoms with Gasteiger partial charge in [0.15, 0.2) is 11.5 Å². The molecule has 2 aromatic carbocycles. The molecule has 1 saturated heterocycles. The topological polar surface area (TPSA) is 103 Å². The van der Waals surface area contributed by atoms with E-state index in [0.717, 1.165) is 32.4 Å². The number of aryl methyl sites for hydroxylation is 1. The minimum absolute atomic E-state index is 0.0542. The van der Waals surface area contributed by atoms with E-state index in [1.165, 1.54) is 25.1 Å². The van der Waals surface area contributed by atoms with Gasteiger partial charge in [-0.2, -0.15) is 0 Å². The average molecular weight is 479 g/mol. The quantitative estimate of drug-likeness (QED) is 0.532. The Bertz CT molecular complexity index is 1280. The maximum atomic E-state index is 12.9. The first-order valence-electron chi connectivity index (χ1n) is 11.8. The van der Waals surface area contributed by atoms with E-state index in [-0.39, 0.29) is 23.8 Å². The van der Waals surface area contributed by atoms with E-state index in [1.54, 1.807) is 36.4 Å². The van der Waals surface area contributed by atoms with Crippen LogP contribution in [0, 0.1) is 0 Å². The lowest BCUT2D eigenvalue weighted by atomic mass is 10.1. The summed E-state index contributed by atoms with van der Waals surface area (Å²) in [5.41, 5.74) is 1.31. The molecule has 3 aromatic rings. The Kier molecular flexibility index (Phi) is 7.64. The smallest absolute Gasteiger partial charge is 0.261 e. The largest absolute Gasteiger partial charge is 0.493 e. The number of anilines is 1. The molecule has 0 aliphatic carbocycles. The van der Waals surface area contributed by atoms with E-state index in [2.05, 4.69) is 10.3 Å². The van der Waals surface area contributed by atoms with Crippen molar-refractivity contribution in [3.8, 4) is 11.5 Å². The summed E-state index contributed by atoms with van der Waals surface area (Å²) in [5, 5.41) is 3.29. The van der Waals surface area contributed by atoms with Crippen LogP contribution in [0.25, 0.3) is 10.9 Å². The summed E-state index contributed by atoms with van der Waals surface area (Å²) < 4.78 is 12.0. The van der Waals surface area contributed by atoms with Crippen molar-refractivity contribution in [3.05, 3.63) is 58.6 Å². The van der Waals surface area contributed by atoms with Gasteiger partial charge in [0.1, 0.15) is 0 Å². The van der Waals surface area contributed by atoms with Crippen molar-refractivity contribution in [1.29, 1.82) is 0 Å². The summed E-state index contributed by atoms with van der Waals surface area (Å²) >= 11 is 0. The number of fused-ring (bicyclic) bond motifs is 1. The monoisotopic (exact) mass is 478 g/mol. The molecule has 0 atom stereocenters. The normalized spacial score (nSPS) is 13.5. The number of piperidine rings is 1. The summed E-state index contributed by atoms with van der Waals surface area (Å²) in [5.74, 6) is 0.688. The maximum Gasteiger partial charge on any atom is 0.261 e. The Balaban J connectivity index is 1.40. The standard InChI is InChI=1S/C26H30N4O5/c1-34-22-15-19-21(16-23(22)35-2)27-17-30(26(19)33)14-8-11-24(31)28-20-10-5-4-9-18(20)25(32)29-12-6-3-7-13-29/h4-5,9-10,15-17H,3,6-8,11-14H2,1-2H3,(H,28,31). The number of aromatic nitrogens is 2. The molecule has 0 radical (unpaired) electrons. The molecule has 0 unspecified atom stereocenters. The molecule has 2 amide bonds. The van der Waals surface area contributed by atoms with Crippen molar-refractivity contribution in [2.45, 2.75) is 38.6 Å². The summed E-state index contributed by atoms with van der Waals surface area (Å²) in [6.07, 6.45) is 5.26. The molecule has 4 rings (SSSR count). The van der Waals surface area contributed by atoms with Gasteiger partial charge in [0.2, 0.25) is 5.91 Å². The van der Waals surface area contributed by atoms with Crippen molar-refractivity contribution >= 4 is 28.4 Å². The zero-order valence-electron chi connectivity index (χ0n) is 20.1. The number of carbonyl (C=O) groups is 2. The molecule has 1 N–H and O–H groups in total. The van der Waals surface area contributed by atoms with Crippen LogP contribution in [0.1, 0.15) is 42.5 Å². The lowest BCUT2D eigenvalue weighted by molar-refractivity contribution is -0.116. The van der Waals surface area contributed by atoms with E-state index in [1.807, 2.05) is 4.90 Å². The first-order valence-corrected chi connectivity index (χ1v) is 11.8. The van der Waals surface area contributed by atoms with Crippen LogP contribution < -0.4 is 20.3 Å². The molecule has 2 heterocycles. The molecule has 9 nitrogen and oxygen atoms in total. The fraction of sp³-hybridized carbons (Fsp3) is 0.385. The molecule has 0 saturated carbocycles. The third-order valence-corrected chi connectivity index (χ3v) is 6.21. The van der Waals surface area contributed by atoms with Crippen LogP contribution in [-0.2, 0) is 11.3 Å². The Hall–Kier alpha value is -3.88.